The fourth-order valence-corrected chi connectivity index (χ4v) is 2.77. The van der Waals surface area contributed by atoms with Crippen LogP contribution < -0.4 is 0 Å². The fraction of sp³-hybridized carbons (Fsp3) is 0.308. The van der Waals surface area contributed by atoms with E-state index in [0.717, 1.165) is 18.9 Å². The number of ketones is 1. The fourth-order valence-electron chi connectivity index (χ4n) is 2.26. The number of Topliss-reactive ketones (excluding diaryl/α,β-unsaturated/α-hetero) is 1. The molecule has 5 nitrogen and oxygen atoms in total. The first-order valence-corrected chi connectivity index (χ1v) is 6.96. The maximum absolute atomic E-state index is 12.3. The standard InChI is InChI=1S/C13H12Cl2N4O/c14-9-1-2-10(11(15)5-9)12(20)6-18-3-4-19-8-16-17-13(19)7-18/h1-2,5,8H,3-4,6-7H2. The Kier molecular flexibility index (Phi) is 3.74. The van der Waals surface area contributed by atoms with Gasteiger partial charge in [0.25, 0.3) is 0 Å². The minimum Gasteiger partial charge on any atom is -0.315 e. The van der Waals surface area contributed by atoms with Crippen molar-refractivity contribution in [3.05, 3.63) is 46.0 Å². The molecule has 0 N–H and O–H groups in total. The topological polar surface area (TPSA) is 51.0 Å². The molecular weight excluding hydrogens is 299 g/mol. The van der Waals surface area contributed by atoms with E-state index in [-0.39, 0.29) is 5.78 Å². The van der Waals surface area contributed by atoms with Crippen molar-refractivity contribution >= 4 is 29.0 Å². The molecule has 3 rings (SSSR count). The van der Waals surface area contributed by atoms with E-state index in [2.05, 4.69) is 10.2 Å². The molecule has 0 atom stereocenters. The molecule has 1 aliphatic rings. The van der Waals surface area contributed by atoms with Crippen LogP contribution in [0.3, 0.4) is 0 Å². The lowest BCUT2D eigenvalue weighted by atomic mass is 10.1. The Bertz CT molecular complexity index is 656. The first kappa shape index (κ1) is 13.5. The highest BCUT2D eigenvalue weighted by Gasteiger charge is 2.21. The highest BCUT2D eigenvalue weighted by Crippen LogP contribution is 2.22. The van der Waals surface area contributed by atoms with Crippen LogP contribution in [0.2, 0.25) is 10.0 Å². The lowest BCUT2D eigenvalue weighted by molar-refractivity contribution is 0.0908. The summed E-state index contributed by atoms with van der Waals surface area (Å²) in [6.45, 7) is 2.52. The van der Waals surface area contributed by atoms with E-state index < -0.39 is 0 Å². The molecule has 0 aliphatic carbocycles. The highest BCUT2D eigenvalue weighted by atomic mass is 35.5. The maximum atomic E-state index is 12.3. The molecule has 0 fully saturated rings. The number of fused-ring (bicyclic) bond motifs is 1. The van der Waals surface area contributed by atoms with E-state index in [1.165, 1.54) is 0 Å². The predicted molar refractivity (Wildman–Crippen MR) is 76.1 cm³/mol. The highest BCUT2D eigenvalue weighted by molar-refractivity contribution is 6.36. The van der Waals surface area contributed by atoms with Gasteiger partial charge in [0.05, 0.1) is 18.1 Å². The third-order valence-electron chi connectivity index (χ3n) is 3.32. The van der Waals surface area contributed by atoms with Gasteiger partial charge in [0.1, 0.15) is 12.2 Å². The summed E-state index contributed by atoms with van der Waals surface area (Å²) in [5.74, 6) is 0.867. The first-order valence-electron chi connectivity index (χ1n) is 6.21. The largest absolute Gasteiger partial charge is 0.315 e. The first-order chi connectivity index (χ1) is 9.63. The number of nitrogens with zero attached hydrogens (tertiary/aromatic N) is 4. The van der Waals surface area contributed by atoms with Gasteiger partial charge in [-0.25, -0.2) is 0 Å². The second-order valence-corrected chi connectivity index (χ2v) is 5.54. The van der Waals surface area contributed by atoms with Crippen LogP contribution in [0.5, 0.6) is 0 Å². The van der Waals surface area contributed by atoms with E-state index >= 15 is 0 Å². The van der Waals surface area contributed by atoms with E-state index in [1.54, 1.807) is 24.5 Å². The summed E-state index contributed by atoms with van der Waals surface area (Å²) in [6, 6.07) is 4.93. The van der Waals surface area contributed by atoms with Gasteiger partial charge in [0, 0.05) is 23.7 Å². The summed E-state index contributed by atoms with van der Waals surface area (Å²) >= 11 is 11.9. The predicted octanol–water partition coefficient (Wildman–Crippen LogP) is 2.28. The summed E-state index contributed by atoms with van der Waals surface area (Å²) in [4.78, 5) is 14.3. The average Bonchev–Trinajstić information content (AvgIpc) is 2.85. The average molecular weight is 311 g/mol. The zero-order chi connectivity index (χ0) is 14.1. The number of carbonyl (C=O) groups is 1. The summed E-state index contributed by atoms with van der Waals surface area (Å²) in [7, 11) is 0. The summed E-state index contributed by atoms with van der Waals surface area (Å²) < 4.78 is 2.00. The van der Waals surface area contributed by atoms with Crippen LogP contribution in [0.1, 0.15) is 16.2 Å². The van der Waals surface area contributed by atoms with Gasteiger partial charge in [-0.15, -0.1) is 10.2 Å². The monoisotopic (exact) mass is 310 g/mol. The van der Waals surface area contributed by atoms with Crippen LogP contribution in [-0.4, -0.2) is 38.5 Å². The van der Waals surface area contributed by atoms with Crippen molar-refractivity contribution < 1.29 is 4.79 Å². The second-order valence-electron chi connectivity index (χ2n) is 4.70. The Morgan fingerprint density at radius 1 is 1.30 bits per heavy atom. The zero-order valence-electron chi connectivity index (χ0n) is 10.6. The molecule has 0 saturated carbocycles. The van der Waals surface area contributed by atoms with Gasteiger partial charge in [-0.1, -0.05) is 23.2 Å². The molecule has 0 unspecified atom stereocenters. The summed E-state index contributed by atoms with van der Waals surface area (Å²) in [5, 5.41) is 8.81. The van der Waals surface area contributed by atoms with Crippen LogP contribution >= 0.6 is 23.2 Å². The normalized spacial score (nSPS) is 15.1. The van der Waals surface area contributed by atoms with Gasteiger partial charge in [0.15, 0.2) is 5.78 Å². The Hall–Kier alpha value is -1.43. The van der Waals surface area contributed by atoms with E-state index in [4.69, 9.17) is 23.2 Å². The minimum absolute atomic E-state index is 0.0142. The molecule has 1 aromatic carbocycles. The molecular formula is C13H12Cl2N4O. The molecule has 1 aromatic heterocycles. The van der Waals surface area contributed by atoms with Crippen LogP contribution in [0.25, 0.3) is 0 Å². The van der Waals surface area contributed by atoms with Crippen molar-refractivity contribution in [3.8, 4) is 0 Å². The number of hydrogen-bond donors (Lipinski definition) is 0. The molecule has 2 heterocycles. The molecule has 0 amide bonds. The maximum Gasteiger partial charge on any atom is 0.178 e. The number of hydrogen-bond acceptors (Lipinski definition) is 4. The van der Waals surface area contributed by atoms with Crippen molar-refractivity contribution in [2.24, 2.45) is 0 Å². The van der Waals surface area contributed by atoms with E-state index in [9.17, 15) is 4.79 Å². The third kappa shape index (κ3) is 2.70. The summed E-state index contributed by atoms with van der Waals surface area (Å²) in [6.07, 6.45) is 1.71. The van der Waals surface area contributed by atoms with Crippen molar-refractivity contribution in [1.82, 2.24) is 19.7 Å². The Morgan fingerprint density at radius 3 is 2.95 bits per heavy atom. The molecule has 20 heavy (non-hydrogen) atoms. The van der Waals surface area contributed by atoms with Crippen LogP contribution in [0.15, 0.2) is 24.5 Å². The number of rotatable bonds is 3. The van der Waals surface area contributed by atoms with Crippen molar-refractivity contribution in [1.29, 1.82) is 0 Å². The Morgan fingerprint density at radius 2 is 2.15 bits per heavy atom. The van der Waals surface area contributed by atoms with Crippen molar-refractivity contribution in [2.75, 3.05) is 13.1 Å². The van der Waals surface area contributed by atoms with Gasteiger partial charge >= 0.3 is 0 Å². The molecule has 0 bridgehead atoms. The molecule has 0 saturated heterocycles. The number of carbonyl (C=O) groups excluding carboxylic acids is 1. The molecule has 0 radical (unpaired) electrons. The van der Waals surface area contributed by atoms with E-state index in [0.29, 0.717) is 28.7 Å². The zero-order valence-corrected chi connectivity index (χ0v) is 12.1. The van der Waals surface area contributed by atoms with Gasteiger partial charge < -0.3 is 4.57 Å². The SMILES string of the molecule is O=C(CN1CCn2cnnc2C1)c1ccc(Cl)cc1Cl. The lowest BCUT2D eigenvalue weighted by Crippen LogP contribution is -2.37. The smallest absolute Gasteiger partial charge is 0.178 e. The van der Waals surface area contributed by atoms with E-state index in [1.807, 2.05) is 9.47 Å². The van der Waals surface area contributed by atoms with Gasteiger partial charge in [-0.2, -0.15) is 0 Å². The van der Waals surface area contributed by atoms with Crippen LogP contribution in [-0.2, 0) is 13.1 Å². The van der Waals surface area contributed by atoms with Gasteiger partial charge in [0.2, 0.25) is 0 Å². The molecule has 7 heteroatoms. The Labute approximate surface area is 126 Å². The number of benzene rings is 1. The number of aromatic nitrogens is 3. The van der Waals surface area contributed by atoms with Gasteiger partial charge in [-0.05, 0) is 18.2 Å². The lowest BCUT2D eigenvalue weighted by Gasteiger charge is -2.26. The molecule has 1 aliphatic heterocycles. The van der Waals surface area contributed by atoms with Crippen LogP contribution in [0, 0.1) is 0 Å². The minimum atomic E-state index is -0.0142. The quantitative estimate of drug-likeness (QED) is 0.816. The third-order valence-corrected chi connectivity index (χ3v) is 3.86. The molecule has 2 aromatic rings. The molecule has 0 spiro atoms. The van der Waals surface area contributed by atoms with Crippen molar-refractivity contribution in [2.45, 2.75) is 13.1 Å². The van der Waals surface area contributed by atoms with Crippen molar-refractivity contribution in [3.63, 3.8) is 0 Å². The van der Waals surface area contributed by atoms with Gasteiger partial charge in [-0.3, -0.25) is 9.69 Å². The van der Waals surface area contributed by atoms with Crippen LogP contribution in [0.4, 0.5) is 0 Å². The summed E-state index contributed by atoms with van der Waals surface area (Å²) in [5.41, 5.74) is 0.503. The second kappa shape index (κ2) is 5.52. The number of halogens is 2. The Balaban J connectivity index is 1.71. The molecule has 104 valence electrons.